The Hall–Kier alpha value is -1.81. The van der Waals surface area contributed by atoms with Crippen LogP contribution >= 0.6 is 0 Å². The minimum absolute atomic E-state index is 0.771. The fraction of sp³-hybridized carbons (Fsp3) is 0.357. The number of H-pyrrole nitrogens is 1. The number of aromatic amines is 1. The molecule has 0 saturated heterocycles. The lowest BCUT2D eigenvalue weighted by atomic mass is 10.1. The number of imidazole rings is 1. The van der Waals surface area contributed by atoms with Crippen molar-refractivity contribution in [2.45, 2.75) is 20.4 Å². The molecule has 0 spiro atoms. The van der Waals surface area contributed by atoms with Crippen LogP contribution in [0, 0.1) is 6.92 Å². The van der Waals surface area contributed by atoms with Gasteiger partial charge in [0.1, 0.15) is 11.6 Å². The first-order valence-electron chi connectivity index (χ1n) is 6.15. The number of benzene rings is 1. The second-order valence-corrected chi connectivity index (χ2v) is 4.17. The van der Waals surface area contributed by atoms with Gasteiger partial charge < -0.3 is 15.0 Å². The Morgan fingerprint density at radius 2 is 2.00 bits per heavy atom. The first-order chi connectivity index (χ1) is 8.74. The fourth-order valence-electron chi connectivity index (χ4n) is 1.88. The summed E-state index contributed by atoms with van der Waals surface area (Å²) in [6.45, 7) is 5.84. The van der Waals surface area contributed by atoms with Gasteiger partial charge in [-0.25, -0.2) is 4.98 Å². The zero-order valence-electron chi connectivity index (χ0n) is 11.1. The van der Waals surface area contributed by atoms with E-state index in [1.165, 1.54) is 0 Å². The van der Waals surface area contributed by atoms with Gasteiger partial charge >= 0.3 is 0 Å². The van der Waals surface area contributed by atoms with Crippen molar-refractivity contribution in [3.8, 4) is 17.0 Å². The molecule has 0 saturated carbocycles. The van der Waals surface area contributed by atoms with Crippen molar-refractivity contribution >= 4 is 0 Å². The van der Waals surface area contributed by atoms with Crippen molar-refractivity contribution in [2.24, 2.45) is 0 Å². The zero-order valence-corrected chi connectivity index (χ0v) is 11.1. The highest BCUT2D eigenvalue weighted by Gasteiger charge is 2.08. The van der Waals surface area contributed by atoms with Crippen molar-refractivity contribution < 1.29 is 4.74 Å². The summed E-state index contributed by atoms with van der Waals surface area (Å²) in [4.78, 5) is 7.92. The van der Waals surface area contributed by atoms with Gasteiger partial charge in [0.2, 0.25) is 0 Å². The van der Waals surface area contributed by atoms with Gasteiger partial charge in [0.15, 0.2) is 0 Å². The average molecular weight is 245 g/mol. The van der Waals surface area contributed by atoms with Crippen LogP contribution in [0.5, 0.6) is 5.75 Å². The minimum atomic E-state index is 0.771. The molecule has 0 amide bonds. The number of rotatable bonds is 5. The maximum absolute atomic E-state index is 5.16. The van der Waals surface area contributed by atoms with Gasteiger partial charge in [-0.05, 0) is 37.7 Å². The largest absolute Gasteiger partial charge is 0.497 e. The smallest absolute Gasteiger partial charge is 0.121 e. The molecule has 0 aliphatic rings. The maximum Gasteiger partial charge on any atom is 0.121 e. The monoisotopic (exact) mass is 245 g/mol. The summed E-state index contributed by atoms with van der Waals surface area (Å²) in [5.41, 5.74) is 3.20. The Morgan fingerprint density at radius 1 is 1.28 bits per heavy atom. The predicted molar refractivity (Wildman–Crippen MR) is 72.7 cm³/mol. The van der Waals surface area contributed by atoms with Crippen molar-refractivity contribution in [3.05, 3.63) is 35.8 Å². The summed E-state index contributed by atoms with van der Waals surface area (Å²) < 4.78 is 5.16. The third-order valence-electron chi connectivity index (χ3n) is 2.84. The van der Waals surface area contributed by atoms with Crippen LogP contribution in [0.4, 0.5) is 0 Å². The molecule has 1 aromatic carbocycles. The van der Waals surface area contributed by atoms with Crippen LogP contribution in [-0.2, 0) is 6.54 Å². The third kappa shape index (κ3) is 2.71. The molecule has 0 bridgehead atoms. The van der Waals surface area contributed by atoms with E-state index in [4.69, 9.17) is 4.74 Å². The number of aryl methyl sites for hydroxylation is 1. The van der Waals surface area contributed by atoms with Gasteiger partial charge in [-0.15, -0.1) is 0 Å². The summed E-state index contributed by atoms with van der Waals surface area (Å²) in [7, 11) is 1.67. The number of methoxy groups -OCH3 is 1. The highest BCUT2D eigenvalue weighted by molar-refractivity contribution is 5.62. The van der Waals surface area contributed by atoms with Crippen LogP contribution < -0.4 is 10.1 Å². The molecule has 2 aromatic rings. The van der Waals surface area contributed by atoms with E-state index in [2.05, 4.69) is 22.2 Å². The first-order valence-corrected chi connectivity index (χ1v) is 6.15. The summed E-state index contributed by atoms with van der Waals surface area (Å²) in [6, 6.07) is 7.96. The molecule has 2 rings (SSSR count). The number of nitrogens with one attached hydrogen (secondary N) is 2. The number of ether oxygens (including phenoxy) is 1. The Bertz CT molecular complexity index is 502. The SMILES string of the molecule is CCNCc1nc(-c2ccc(OC)cc2)c(C)[nH]1. The Labute approximate surface area is 107 Å². The molecule has 0 atom stereocenters. The zero-order chi connectivity index (χ0) is 13.0. The predicted octanol–water partition coefficient (Wildman–Crippen LogP) is 2.50. The molecule has 0 aliphatic carbocycles. The average Bonchev–Trinajstić information content (AvgIpc) is 2.78. The lowest BCUT2D eigenvalue weighted by Crippen LogP contribution is -2.12. The molecule has 4 heteroatoms. The molecule has 96 valence electrons. The Kier molecular flexibility index (Phi) is 3.99. The van der Waals surface area contributed by atoms with E-state index in [0.717, 1.165) is 41.6 Å². The molecule has 1 heterocycles. The van der Waals surface area contributed by atoms with E-state index >= 15 is 0 Å². The highest BCUT2D eigenvalue weighted by Crippen LogP contribution is 2.23. The maximum atomic E-state index is 5.16. The van der Waals surface area contributed by atoms with E-state index in [-0.39, 0.29) is 0 Å². The van der Waals surface area contributed by atoms with Gasteiger partial charge in [-0.2, -0.15) is 0 Å². The van der Waals surface area contributed by atoms with Gasteiger partial charge in [-0.1, -0.05) is 6.92 Å². The Balaban J connectivity index is 2.23. The standard InChI is InChI=1S/C14H19N3O/c1-4-15-9-13-16-10(2)14(17-13)11-5-7-12(18-3)8-6-11/h5-8,15H,4,9H2,1-3H3,(H,16,17). The lowest BCUT2D eigenvalue weighted by Gasteiger charge is -2.01. The number of nitrogens with zero attached hydrogens (tertiary/aromatic N) is 1. The van der Waals surface area contributed by atoms with Crippen LogP contribution in [-0.4, -0.2) is 23.6 Å². The lowest BCUT2D eigenvalue weighted by molar-refractivity contribution is 0.415. The quantitative estimate of drug-likeness (QED) is 0.851. The summed E-state index contributed by atoms with van der Waals surface area (Å²) in [5.74, 6) is 1.83. The van der Waals surface area contributed by atoms with Crippen LogP contribution in [0.15, 0.2) is 24.3 Å². The van der Waals surface area contributed by atoms with E-state index < -0.39 is 0 Å². The van der Waals surface area contributed by atoms with E-state index in [1.807, 2.05) is 31.2 Å². The second kappa shape index (κ2) is 5.69. The summed E-state index contributed by atoms with van der Waals surface area (Å²) in [5, 5.41) is 3.26. The topological polar surface area (TPSA) is 49.9 Å². The van der Waals surface area contributed by atoms with Crippen molar-refractivity contribution in [1.29, 1.82) is 0 Å². The van der Waals surface area contributed by atoms with Gasteiger partial charge in [0, 0.05) is 11.3 Å². The molecule has 0 radical (unpaired) electrons. The first kappa shape index (κ1) is 12.6. The van der Waals surface area contributed by atoms with Crippen LogP contribution in [0.2, 0.25) is 0 Å². The molecule has 18 heavy (non-hydrogen) atoms. The molecule has 1 aromatic heterocycles. The van der Waals surface area contributed by atoms with Crippen LogP contribution in [0.3, 0.4) is 0 Å². The van der Waals surface area contributed by atoms with Crippen LogP contribution in [0.1, 0.15) is 18.4 Å². The summed E-state index contributed by atoms with van der Waals surface area (Å²) in [6.07, 6.45) is 0. The highest BCUT2D eigenvalue weighted by atomic mass is 16.5. The van der Waals surface area contributed by atoms with E-state index in [1.54, 1.807) is 7.11 Å². The van der Waals surface area contributed by atoms with Gasteiger partial charge in [-0.3, -0.25) is 0 Å². The molecule has 0 unspecified atom stereocenters. The molecule has 2 N–H and O–H groups in total. The van der Waals surface area contributed by atoms with Crippen molar-refractivity contribution in [3.63, 3.8) is 0 Å². The van der Waals surface area contributed by atoms with E-state index in [0.29, 0.717) is 0 Å². The fourth-order valence-corrected chi connectivity index (χ4v) is 1.88. The molecular formula is C14H19N3O. The van der Waals surface area contributed by atoms with E-state index in [9.17, 15) is 0 Å². The van der Waals surface area contributed by atoms with Crippen molar-refractivity contribution in [1.82, 2.24) is 15.3 Å². The van der Waals surface area contributed by atoms with Crippen molar-refractivity contribution in [2.75, 3.05) is 13.7 Å². The van der Waals surface area contributed by atoms with Crippen LogP contribution in [0.25, 0.3) is 11.3 Å². The number of aromatic nitrogens is 2. The number of hydrogen-bond donors (Lipinski definition) is 2. The molecule has 4 nitrogen and oxygen atoms in total. The summed E-state index contributed by atoms with van der Waals surface area (Å²) >= 11 is 0. The Morgan fingerprint density at radius 3 is 2.61 bits per heavy atom. The molecule has 0 fully saturated rings. The second-order valence-electron chi connectivity index (χ2n) is 4.17. The number of hydrogen-bond acceptors (Lipinski definition) is 3. The normalized spacial score (nSPS) is 10.6. The minimum Gasteiger partial charge on any atom is -0.497 e. The third-order valence-corrected chi connectivity index (χ3v) is 2.84. The molecular weight excluding hydrogens is 226 g/mol. The van der Waals surface area contributed by atoms with Gasteiger partial charge in [0.25, 0.3) is 0 Å². The molecule has 0 aliphatic heterocycles. The van der Waals surface area contributed by atoms with Gasteiger partial charge in [0.05, 0.1) is 19.3 Å².